The summed E-state index contributed by atoms with van der Waals surface area (Å²) < 4.78 is 0. The molecule has 5 nitrogen and oxygen atoms in total. The van der Waals surface area contributed by atoms with Crippen molar-refractivity contribution in [3.05, 3.63) is 35.4 Å². The average Bonchev–Trinajstić information content (AvgIpc) is 2.33. The van der Waals surface area contributed by atoms with Crippen molar-refractivity contribution >= 4 is 5.97 Å². The molecule has 1 aromatic rings. The summed E-state index contributed by atoms with van der Waals surface area (Å²) in [4.78, 5) is 16.3. The standard InChI is InChI=1S/C14H18N2O3/c1-14(2,3)19-16-12(8-13(17)18)11-6-4-5-10(7-11)9-15/h4-7,12,16H,8H2,1-3H3,(H,17,18). The monoisotopic (exact) mass is 262 g/mol. The third-order valence-electron chi connectivity index (χ3n) is 2.30. The van der Waals surface area contributed by atoms with Gasteiger partial charge in [0.05, 0.1) is 29.7 Å². The first-order valence-corrected chi connectivity index (χ1v) is 5.97. The second-order valence-corrected chi connectivity index (χ2v) is 5.22. The first kappa shape index (κ1) is 15.2. The molecule has 1 unspecified atom stereocenters. The Balaban J connectivity index is 2.89. The molecule has 0 aliphatic heterocycles. The van der Waals surface area contributed by atoms with Crippen LogP contribution in [-0.2, 0) is 9.63 Å². The molecule has 0 aliphatic carbocycles. The first-order chi connectivity index (χ1) is 8.81. The van der Waals surface area contributed by atoms with Crippen LogP contribution in [0.5, 0.6) is 0 Å². The number of carboxylic acid groups (broad SMARTS) is 1. The van der Waals surface area contributed by atoms with Crippen LogP contribution >= 0.6 is 0 Å². The predicted octanol–water partition coefficient (Wildman–Crippen LogP) is 2.39. The van der Waals surface area contributed by atoms with Crippen LogP contribution in [0.1, 0.15) is 44.4 Å². The van der Waals surface area contributed by atoms with Gasteiger partial charge in [0.25, 0.3) is 0 Å². The van der Waals surface area contributed by atoms with E-state index in [4.69, 9.17) is 15.2 Å². The first-order valence-electron chi connectivity index (χ1n) is 5.97. The largest absolute Gasteiger partial charge is 0.481 e. The minimum atomic E-state index is -0.933. The van der Waals surface area contributed by atoms with Gasteiger partial charge in [0.2, 0.25) is 0 Å². The molecule has 0 saturated carbocycles. The molecule has 0 heterocycles. The Morgan fingerprint density at radius 2 is 2.21 bits per heavy atom. The Morgan fingerprint density at radius 3 is 2.74 bits per heavy atom. The molecule has 0 aromatic heterocycles. The van der Waals surface area contributed by atoms with Crippen LogP contribution in [0.4, 0.5) is 0 Å². The van der Waals surface area contributed by atoms with Gasteiger partial charge in [-0.15, -0.1) is 0 Å². The molecular weight excluding hydrogens is 244 g/mol. The van der Waals surface area contributed by atoms with Gasteiger partial charge >= 0.3 is 5.97 Å². The quantitative estimate of drug-likeness (QED) is 0.796. The van der Waals surface area contributed by atoms with Crippen LogP contribution < -0.4 is 5.48 Å². The molecule has 0 fully saturated rings. The Hall–Kier alpha value is -1.90. The number of carbonyl (C=O) groups is 1. The fraction of sp³-hybridized carbons (Fsp3) is 0.429. The SMILES string of the molecule is CC(C)(C)ONC(CC(=O)O)c1cccc(C#N)c1. The lowest BCUT2D eigenvalue weighted by atomic mass is 10.0. The van der Waals surface area contributed by atoms with Crippen molar-refractivity contribution in [2.45, 2.75) is 38.8 Å². The van der Waals surface area contributed by atoms with E-state index in [1.54, 1.807) is 24.3 Å². The van der Waals surface area contributed by atoms with Crippen molar-refractivity contribution < 1.29 is 14.7 Å². The number of rotatable bonds is 5. The zero-order valence-corrected chi connectivity index (χ0v) is 11.3. The van der Waals surface area contributed by atoms with Crippen LogP contribution in [-0.4, -0.2) is 16.7 Å². The van der Waals surface area contributed by atoms with Crippen molar-refractivity contribution in [2.24, 2.45) is 0 Å². The Labute approximate surface area is 112 Å². The lowest BCUT2D eigenvalue weighted by molar-refractivity contribution is -0.141. The molecule has 0 saturated heterocycles. The molecule has 1 atom stereocenters. The minimum absolute atomic E-state index is 0.120. The molecule has 0 spiro atoms. The smallest absolute Gasteiger partial charge is 0.305 e. The molecule has 19 heavy (non-hydrogen) atoms. The van der Waals surface area contributed by atoms with Gasteiger partial charge in [-0.2, -0.15) is 10.7 Å². The molecule has 0 radical (unpaired) electrons. The van der Waals surface area contributed by atoms with Gasteiger partial charge in [-0.05, 0) is 38.5 Å². The van der Waals surface area contributed by atoms with E-state index in [0.29, 0.717) is 11.1 Å². The maximum absolute atomic E-state index is 10.9. The Bertz CT molecular complexity index is 486. The third kappa shape index (κ3) is 5.51. The maximum Gasteiger partial charge on any atom is 0.305 e. The lowest BCUT2D eigenvalue weighted by Gasteiger charge is -2.24. The van der Waals surface area contributed by atoms with Crippen molar-refractivity contribution in [1.29, 1.82) is 5.26 Å². The summed E-state index contributed by atoms with van der Waals surface area (Å²) in [6.07, 6.45) is -0.120. The van der Waals surface area contributed by atoms with Crippen LogP contribution in [0, 0.1) is 11.3 Å². The van der Waals surface area contributed by atoms with Gasteiger partial charge in [-0.3, -0.25) is 9.63 Å². The second-order valence-electron chi connectivity index (χ2n) is 5.22. The topological polar surface area (TPSA) is 82.3 Å². The van der Waals surface area contributed by atoms with Crippen molar-refractivity contribution in [1.82, 2.24) is 5.48 Å². The van der Waals surface area contributed by atoms with Crippen LogP contribution in [0.3, 0.4) is 0 Å². The fourth-order valence-corrected chi connectivity index (χ4v) is 1.48. The number of benzene rings is 1. The van der Waals surface area contributed by atoms with E-state index in [9.17, 15) is 4.79 Å². The van der Waals surface area contributed by atoms with E-state index in [0.717, 1.165) is 0 Å². The van der Waals surface area contributed by atoms with Gasteiger partial charge in [-0.25, -0.2) is 0 Å². The molecule has 0 aliphatic rings. The van der Waals surface area contributed by atoms with E-state index in [2.05, 4.69) is 5.48 Å². The third-order valence-corrected chi connectivity index (χ3v) is 2.30. The van der Waals surface area contributed by atoms with Crippen molar-refractivity contribution in [3.8, 4) is 6.07 Å². The van der Waals surface area contributed by atoms with E-state index in [1.165, 1.54) is 0 Å². The second kappa shape index (κ2) is 6.32. The van der Waals surface area contributed by atoms with E-state index in [-0.39, 0.29) is 6.42 Å². The van der Waals surface area contributed by atoms with Crippen LogP contribution in [0.25, 0.3) is 0 Å². The lowest BCUT2D eigenvalue weighted by Crippen LogP contribution is -2.33. The van der Waals surface area contributed by atoms with E-state index < -0.39 is 17.6 Å². The van der Waals surface area contributed by atoms with Gasteiger partial charge in [0.15, 0.2) is 0 Å². The number of nitrogens with one attached hydrogen (secondary N) is 1. The number of nitriles is 1. The molecule has 0 amide bonds. The highest BCUT2D eigenvalue weighted by atomic mass is 16.7. The molecular formula is C14H18N2O3. The Morgan fingerprint density at radius 1 is 1.53 bits per heavy atom. The minimum Gasteiger partial charge on any atom is -0.481 e. The summed E-state index contributed by atoms with van der Waals surface area (Å²) in [5, 5.41) is 17.8. The number of hydrogen-bond acceptors (Lipinski definition) is 4. The summed E-state index contributed by atoms with van der Waals surface area (Å²) in [5.74, 6) is -0.933. The fourth-order valence-electron chi connectivity index (χ4n) is 1.48. The number of hydroxylamine groups is 1. The van der Waals surface area contributed by atoms with Gasteiger partial charge in [0, 0.05) is 0 Å². The summed E-state index contributed by atoms with van der Waals surface area (Å²) in [6, 6.07) is 8.36. The van der Waals surface area contributed by atoms with Crippen molar-refractivity contribution in [3.63, 3.8) is 0 Å². The molecule has 1 rings (SSSR count). The zero-order chi connectivity index (χ0) is 14.5. The highest BCUT2D eigenvalue weighted by Crippen LogP contribution is 2.19. The number of hydrogen-bond donors (Lipinski definition) is 2. The summed E-state index contributed by atoms with van der Waals surface area (Å²) in [7, 11) is 0. The molecule has 5 heteroatoms. The number of nitrogens with zero attached hydrogens (tertiary/aromatic N) is 1. The van der Waals surface area contributed by atoms with Crippen molar-refractivity contribution in [2.75, 3.05) is 0 Å². The van der Waals surface area contributed by atoms with Gasteiger partial charge < -0.3 is 5.11 Å². The average molecular weight is 262 g/mol. The molecule has 1 aromatic carbocycles. The number of carboxylic acids is 1. The normalized spacial score (nSPS) is 12.7. The molecule has 0 bridgehead atoms. The molecule has 102 valence electrons. The summed E-state index contributed by atoms with van der Waals surface area (Å²) in [6.45, 7) is 5.59. The highest BCUT2D eigenvalue weighted by molar-refractivity contribution is 5.68. The van der Waals surface area contributed by atoms with Gasteiger partial charge in [-0.1, -0.05) is 12.1 Å². The Kier molecular flexibility index (Phi) is 5.04. The van der Waals surface area contributed by atoms with E-state index >= 15 is 0 Å². The highest BCUT2D eigenvalue weighted by Gasteiger charge is 2.19. The maximum atomic E-state index is 10.9. The van der Waals surface area contributed by atoms with Crippen LogP contribution in [0.15, 0.2) is 24.3 Å². The molecule has 2 N–H and O–H groups in total. The predicted molar refractivity (Wildman–Crippen MR) is 70.1 cm³/mol. The zero-order valence-electron chi connectivity index (χ0n) is 11.3. The summed E-state index contributed by atoms with van der Waals surface area (Å²) >= 11 is 0. The van der Waals surface area contributed by atoms with Crippen LogP contribution in [0.2, 0.25) is 0 Å². The van der Waals surface area contributed by atoms with E-state index in [1.807, 2.05) is 26.8 Å². The number of aliphatic carboxylic acids is 1. The summed E-state index contributed by atoms with van der Waals surface area (Å²) in [5.41, 5.74) is 3.55. The van der Waals surface area contributed by atoms with Gasteiger partial charge in [0.1, 0.15) is 0 Å².